The fourth-order valence-corrected chi connectivity index (χ4v) is 4.54. The molecule has 7 nitrogen and oxygen atoms in total. The lowest BCUT2D eigenvalue weighted by molar-refractivity contribution is -0.111. The van der Waals surface area contributed by atoms with Crippen LogP contribution in [0.2, 0.25) is 10.0 Å². The molecule has 0 unspecified atom stereocenters. The lowest BCUT2D eigenvalue weighted by Crippen LogP contribution is -2.12. The molecule has 1 aromatic carbocycles. The fraction of sp³-hybridized carbons (Fsp3) is 0.174. The summed E-state index contributed by atoms with van der Waals surface area (Å²) in [6.07, 6.45) is 2.71. The third-order valence-corrected chi connectivity index (χ3v) is 6.19. The molecule has 0 bridgehead atoms. The Morgan fingerprint density at radius 2 is 1.91 bits per heavy atom. The number of hydrogen-bond donors (Lipinski definition) is 1. The maximum absolute atomic E-state index is 12.5. The molecule has 1 N–H and O–H groups in total. The Balaban J connectivity index is 1.80. The predicted octanol–water partition coefficient (Wildman–Crippen LogP) is 6.24. The van der Waals surface area contributed by atoms with Gasteiger partial charge in [0.15, 0.2) is 0 Å². The van der Waals surface area contributed by atoms with Crippen LogP contribution < -0.4 is 5.32 Å². The topological polar surface area (TPSA) is 94.8 Å². The van der Waals surface area contributed by atoms with Crippen molar-refractivity contribution in [2.24, 2.45) is 0 Å². The zero-order valence-electron chi connectivity index (χ0n) is 17.9. The van der Waals surface area contributed by atoms with Gasteiger partial charge in [-0.1, -0.05) is 23.2 Å². The van der Waals surface area contributed by atoms with Crippen LogP contribution in [0.4, 0.5) is 5.00 Å². The van der Waals surface area contributed by atoms with E-state index in [2.05, 4.69) is 5.32 Å². The third-order valence-electron chi connectivity index (χ3n) is 4.46. The number of anilines is 1. The van der Waals surface area contributed by atoms with Gasteiger partial charge in [0.25, 0.3) is 0 Å². The number of nitrogens with one attached hydrogen (secondary N) is 1. The molecule has 0 atom stereocenters. The van der Waals surface area contributed by atoms with E-state index in [-0.39, 0.29) is 22.0 Å². The van der Waals surface area contributed by atoms with E-state index in [0.717, 1.165) is 11.3 Å². The summed E-state index contributed by atoms with van der Waals surface area (Å²) in [5.41, 5.74) is 1.15. The van der Waals surface area contributed by atoms with Crippen molar-refractivity contribution in [1.29, 1.82) is 0 Å². The van der Waals surface area contributed by atoms with Crippen molar-refractivity contribution in [3.8, 4) is 11.3 Å². The molecule has 0 aliphatic heterocycles. The van der Waals surface area contributed by atoms with E-state index in [0.29, 0.717) is 32.7 Å². The number of rotatable bonds is 7. The Labute approximate surface area is 203 Å². The number of esters is 2. The molecule has 3 aromatic rings. The van der Waals surface area contributed by atoms with Gasteiger partial charge in [-0.25, -0.2) is 9.59 Å². The summed E-state index contributed by atoms with van der Waals surface area (Å²) in [5.74, 6) is -0.854. The highest BCUT2D eigenvalue weighted by atomic mass is 35.5. The van der Waals surface area contributed by atoms with Crippen molar-refractivity contribution in [3.05, 3.63) is 68.2 Å². The number of halogens is 2. The SMILES string of the molecule is CCOC(=O)c1c(NC(=O)/C=C/c2ccc(-c3ccc(Cl)cc3Cl)o2)sc(C(=O)OC)c1C. The summed E-state index contributed by atoms with van der Waals surface area (Å²) in [4.78, 5) is 37.1. The Bertz CT molecular complexity index is 1240. The van der Waals surface area contributed by atoms with Gasteiger partial charge in [0.1, 0.15) is 21.4 Å². The summed E-state index contributed by atoms with van der Waals surface area (Å²) in [6, 6.07) is 8.44. The highest BCUT2D eigenvalue weighted by Crippen LogP contribution is 2.35. The Morgan fingerprint density at radius 1 is 1.15 bits per heavy atom. The van der Waals surface area contributed by atoms with E-state index in [4.69, 9.17) is 37.1 Å². The summed E-state index contributed by atoms with van der Waals surface area (Å²) in [7, 11) is 1.24. The highest BCUT2D eigenvalue weighted by Gasteiger charge is 2.26. The first-order chi connectivity index (χ1) is 15.7. The molecule has 2 heterocycles. The van der Waals surface area contributed by atoms with E-state index in [1.807, 2.05) is 0 Å². The largest absolute Gasteiger partial charge is 0.465 e. The summed E-state index contributed by atoms with van der Waals surface area (Å²) in [5, 5.41) is 3.75. The van der Waals surface area contributed by atoms with Crippen molar-refractivity contribution in [3.63, 3.8) is 0 Å². The predicted molar refractivity (Wildman–Crippen MR) is 128 cm³/mol. The summed E-state index contributed by atoms with van der Waals surface area (Å²) in [6.45, 7) is 3.40. The van der Waals surface area contributed by atoms with Crippen LogP contribution in [0.15, 0.2) is 40.8 Å². The van der Waals surface area contributed by atoms with E-state index in [1.54, 1.807) is 44.2 Å². The molecule has 2 aromatic heterocycles. The average molecular weight is 508 g/mol. The molecule has 3 rings (SSSR count). The second-order valence-corrected chi connectivity index (χ2v) is 8.49. The number of amides is 1. The monoisotopic (exact) mass is 507 g/mol. The molecule has 0 fully saturated rings. The molecule has 0 saturated heterocycles. The molecule has 0 spiro atoms. The smallest absolute Gasteiger partial charge is 0.348 e. The molecule has 172 valence electrons. The number of furan rings is 1. The lowest BCUT2D eigenvalue weighted by atomic mass is 10.1. The van der Waals surface area contributed by atoms with Gasteiger partial charge in [0, 0.05) is 16.7 Å². The zero-order valence-corrected chi connectivity index (χ0v) is 20.2. The minimum absolute atomic E-state index is 0.113. The Morgan fingerprint density at radius 3 is 2.58 bits per heavy atom. The fourth-order valence-electron chi connectivity index (χ4n) is 2.93. The lowest BCUT2D eigenvalue weighted by Gasteiger charge is -2.05. The van der Waals surface area contributed by atoms with Crippen LogP contribution in [0, 0.1) is 6.92 Å². The first kappa shape index (κ1) is 24.6. The number of methoxy groups -OCH3 is 1. The van der Waals surface area contributed by atoms with Gasteiger partial charge in [0.2, 0.25) is 5.91 Å². The van der Waals surface area contributed by atoms with Gasteiger partial charge in [-0.15, -0.1) is 11.3 Å². The van der Waals surface area contributed by atoms with Crippen LogP contribution in [-0.2, 0) is 14.3 Å². The Kier molecular flexibility index (Phi) is 7.97. The number of carbonyl (C=O) groups is 3. The molecule has 0 radical (unpaired) electrons. The van der Waals surface area contributed by atoms with Crippen LogP contribution in [0.25, 0.3) is 17.4 Å². The van der Waals surface area contributed by atoms with Gasteiger partial charge in [0.05, 0.1) is 24.3 Å². The molecule has 0 aliphatic carbocycles. The standard InChI is InChI=1S/C23H19Cl2NO6S/c1-4-31-22(28)19-12(2)20(23(29)30-3)33-21(19)26-18(27)10-7-14-6-9-17(32-14)15-8-5-13(24)11-16(15)25/h5-11H,4H2,1-3H3,(H,26,27)/b10-7+. The maximum Gasteiger partial charge on any atom is 0.348 e. The van der Waals surface area contributed by atoms with Crippen molar-refractivity contribution >= 4 is 63.5 Å². The molecule has 10 heteroatoms. The quantitative estimate of drug-likeness (QED) is 0.300. The number of carbonyl (C=O) groups excluding carboxylic acids is 3. The second kappa shape index (κ2) is 10.7. The van der Waals surface area contributed by atoms with Crippen LogP contribution in [0.3, 0.4) is 0 Å². The van der Waals surface area contributed by atoms with Gasteiger partial charge in [-0.2, -0.15) is 0 Å². The van der Waals surface area contributed by atoms with Crippen molar-refractivity contribution in [2.75, 3.05) is 19.0 Å². The Hall–Kier alpha value is -3.07. The van der Waals surface area contributed by atoms with Crippen LogP contribution in [-0.4, -0.2) is 31.6 Å². The van der Waals surface area contributed by atoms with Gasteiger partial charge in [-0.3, -0.25) is 4.79 Å². The zero-order chi connectivity index (χ0) is 24.1. The van der Waals surface area contributed by atoms with E-state index in [1.165, 1.54) is 19.3 Å². The summed E-state index contributed by atoms with van der Waals surface area (Å²) < 4.78 is 15.5. The number of benzene rings is 1. The van der Waals surface area contributed by atoms with E-state index >= 15 is 0 Å². The van der Waals surface area contributed by atoms with Gasteiger partial charge >= 0.3 is 11.9 Å². The van der Waals surface area contributed by atoms with E-state index < -0.39 is 17.8 Å². The molecular weight excluding hydrogens is 489 g/mol. The number of ether oxygens (including phenoxy) is 2. The molecule has 0 aliphatic rings. The normalized spacial score (nSPS) is 10.9. The van der Waals surface area contributed by atoms with Crippen LogP contribution in [0.1, 0.15) is 38.3 Å². The number of thiophene rings is 1. The van der Waals surface area contributed by atoms with Crippen LogP contribution in [0.5, 0.6) is 0 Å². The maximum atomic E-state index is 12.5. The van der Waals surface area contributed by atoms with E-state index in [9.17, 15) is 14.4 Å². The molecule has 1 amide bonds. The number of hydrogen-bond acceptors (Lipinski definition) is 7. The minimum Gasteiger partial charge on any atom is -0.465 e. The molecular formula is C23H19Cl2NO6S. The minimum atomic E-state index is -0.642. The van der Waals surface area contributed by atoms with Crippen molar-refractivity contribution in [2.45, 2.75) is 13.8 Å². The second-order valence-electron chi connectivity index (χ2n) is 6.62. The van der Waals surface area contributed by atoms with Gasteiger partial charge in [-0.05, 0) is 55.8 Å². The summed E-state index contributed by atoms with van der Waals surface area (Å²) >= 11 is 13.1. The molecule has 33 heavy (non-hydrogen) atoms. The van der Waals surface area contributed by atoms with Crippen molar-refractivity contribution < 1.29 is 28.3 Å². The van der Waals surface area contributed by atoms with Crippen LogP contribution >= 0.6 is 34.5 Å². The van der Waals surface area contributed by atoms with Crippen molar-refractivity contribution in [1.82, 2.24) is 0 Å². The third kappa shape index (κ3) is 5.65. The van der Waals surface area contributed by atoms with Gasteiger partial charge < -0.3 is 19.2 Å². The molecule has 0 saturated carbocycles. The first-order valence-electron chi connectivity index (χ1n) is 9.68. The highest BCUT2D eigenvalue weighted by molar-refractivity contribution is 7.18. The first-order valence-corrected chi connectivity index (χ1v) is 11.3. The average Bonchev–Trinajstić information content (AvgIpc) is 3.36.